The zero-order valence-corrected chi connectivity index (χ0v) is 19.6. The van der Waals surface area contributed by atoms with Crippen LogP contribution in [0.25, 0.3) is 0 Å². The number of hydrogen-bond donors (Lipinski definition) is 2. The molecule has 174 valence electrons. The highest BCUT2D eigenvalue weighted by Gasteiger charge is 2.22. The van der Waals surface area contributed by atoms with Gasteiger partial charge in [0.1, 0.15) is 5.82 Å². The van der Waals surface area contributed by atoms with Crippen molar-refractivity contribution in [3.8, 4) is 0 Å². The second-order valence-corrected chi connectivity index (χ2v) is 10.0. The maximum absolute atomic E-state index is 14.1. The second kappa shape index (κ2) is 10.3. The van der Waals surface area contributed by atoms with Crippen molar-refractivity contribution in [3.63, 3.8) is 0 Å². The molecule has 0 radical (unpaired) electrons. The van der Waals surface area contributed by atoms with Crippen molar-refractivity contribution in [2.24, 2.45) is 0 Å². The minimum Gasteiger partial charge on any atom is -0.369 e. The third-order valence-corrected chi connectivity index (χ3v) is 7.01. The Labute approximate surface area is 189 Å². The molecule has 32 heavy (non-hydrogen) atoms. The Morgan fingerprint density at radius 2 is 1.84 bits per heavy atom. The molecular formula is C23H31FN4O3S. The van der Waals surface area contributed by atoms with Gasteiger partial charge in [0, 0.05) is 48.7 Å². The zero-order chi connectivity index (χ0) is 23.3. The third kappa shape index (κ3) is 6.20. The summed E-state index contributed by atoms with van der Waals surface area (Å²) in [4.78, 5) is 17.3. The molecular weight excluding hydrogens is 431 g/mol. The average Bonchev–Trinajstić information content (AvgIpc) is 2.74. The number of hydrogen-bond acceptors (Lipinski definition) is 5. The standard InChI is InChI=1S/C23H31FN4O3S/c1-4-14-32(30,31)26-20-7-5-6-18(15-20)23(29)25-17(2)21-16-19(24)8-9-22(21)28-12-10-27(3)11-13-28/h5-9,15-17,26H,4,10-14H2,1-3H3,(H,25,29). The Morgan fingerprint density at radius 1 is 1.12 bits per heavy atom. The number of rotatable bonds is 8. The lowest BCUT2D eigenvalue weighted by atomic mass is 10.0. The number of halogens is 1. The Kier molecular flexibility index (Phi) is 7.73. The molecule has 1 saturated heterocycles. The number of carbonyl (C=O) groups is 1. The molecule has 1 aliphatic heterocycles. The first-order valence-corrected chi connectivity index (χ1v) is 12.5. The topological polar surface area (TPSA) is 81.7 Å². The van der Waals surface area contributed by atoms with Crippen LogP contribution >= 0.6 is 0 Å². The first kappa shape index (κ1) is 24.0. The summed E-state index contributed by atoms with van der Waals surface area (Å²) in [5.74, 6) is -0.705. The predicted octanol–water partition coefficient (Wildman–Crippen LogP) is 3.22. The van der Waals surface area contributed by atoms with Gasteiger partial charge in [-0.3, -0.25) is 9.52 Å². The van der Waals surface area contributed by atoms with Crippen molar-refractivity contribution in [2.75, 3.05) is 48.6 Å². The van der Waals surface area contributed by atoms with E-state index in [1.54, 1.807) is 31.2 Å². The molecule has 0 aliphatic carbocycles. The van der Waals surface area contributed by atoms with Crippen LogP contribution in [0, 0.1) is 5.82 Å². The van der Waals surface area contributed by atoms with E-state index in [1.807, 2.05) is 6.92 Å². The van der Waals surface area contributed by atoms with E-state index in [9.17, 15) is 17.6 Å². The number of piperazine rings is 1. The molecule has 2 N–H and O–H groups in total. The Bertz CT molecular complexity index is 1050. The maximum atomic E-state index is 14.1. The molecule has 7 nitrogen and oxygen atoms in total. The van der Waals surface area contributed by atoms with Crippen LogP contribution in [-0.4, -0.2) is 58.2 Å². The minimum absolute atomic E-state index is 0.00903. The Morgan fingerprint density at radius 3 is 2.53 bits per heavy atom. The first-order chi connectivity index (χ1) is 15.2. The van der Waals surface area contributed by atoms with Gasteiger partial charge in [-0.25, -0.2) is 12.8 Å². The summed E-state index contributed by atoms with van der Waals surface area (Å²) in [6.07, 6.45) is 0.496. The van der Waals surface area contributed by atoms with E-state index >= 15 is 0 Å². The Hall–Kier alpha value is -2.65. The number of likely N-dealkylation sites (N-methyl/N-ethyl adjacent to an activating group) is 1. The fraction of sp³-hybridized carbons (Fsp3) is 0.435. The van der Waals surface area contributed by atoms with E-state index in [-0.39, 0.29) is 17.5 Å². The minimum atomic E-state index is -3.45. The van der Waals surface area contributed by atoms with Gasteiger partial charge in [-0.15, -0.1) is 0 Å². The molecule has 1 aliphatic rings. The monoisotopic (exact) mass is 462 g/mol. The fourth-order valence-electron chi connectivity index (χ4n) is 3.79. The molecule has 3 rings (SSSR count). The van der Waals surface area contributed by atoms with Gasteiger partial charge < -0.3 is 15.1 Å². The largest absolute Gasteiger partial charge is 0.369 e. The fourth-order valence-corrected chi connectivity index (χ4v) is 4.91. The molecule has 9 heteroatoms. The molecule has 1 unspecified atom stereocenters. The lowest BCUT2D eigenvalue weighted by Gasteiger charge is -2.36. The lowest BCUT2D eigenvalue weighted by Crippen LogP contribution is -2.45. The van der Waals surface area contributed by atoms with Gasteiger partial charge in [0.05, 0.1) is 11.8 Å². The van der Waals surface area contributed by atoms with Crippen molar-refractivity contribution in [2.45, 2.75) is 26.3 Å². The van der Waals surface area contributed by atoms with E-state index < -0.39 is 16.1 Å². The number of anilines is 2. The smallest absolute Gasteiger partial charge is 0.251 e. The van der Waals surface area contributed by atoms with Crippen molar-refractivity contribution in [1.29, 1.82) is 0 Å². The van der Waals surface area contributed by atoms with E-state index in [2.05, 4.69) is 26.9 Å². The lowest BCUT2D eigenvalue weighted by molar-refractivity contribution is 0.0940. The molecule has 0 spiro atoms. The van der Waals surface area contributed by atoms with Crippen molar-refractivity contribution in [3.05, 3.63) is 59.4 Å². The zero-order valence-electron chi connectivity index (χ0n) is 18.8. The van der Waals surface area contributed by atoms with Gasteiger partial charge in [0.15, 0.2) is 0 Å². The molecule has 0 aromatic heterocycles. The van der Waals surface area contributed by atoms with Crippen LogP contribution in [0.3, 0.4) is 0 Å². The van der Waals surface area contributed by atoms with E-state index in [1.165, 1.54) is 18.2 Å². The van der Waals surface area contributed by atoms with Crippen LogP contribution in [-0.2, 0) is 10.0 Å². The van der Waals surface area contributed by atoms with Crippen molar-refractivity contribution >= 4 is 27.3 Å². The molecule has 1 fully saturated rings. The molecule has 1 heterocycles. The SMILES string of the molecule is CCCS(=O)(=O)Nc1cccc(C(=O)NC(C)c2cc(F)ccc2N2CCN(C)CC2)c1. The van der Waals surface area contributed by atoms with Crippen LogP contribution in [0.4, 0.5) is 15.8 Å². The number of carbonyl (C=O) groups excluding carboxylic acids is 1. The first-order valence-electron chi connectivity index (χ1n) is 10.8. The summed E-state index contributed by atoms with van der Waals surface area (Å²) in [5.41, 5.74) is 2.28. The predicted molar refractivity (Wildman–Crippen MR) is 126 cm³/mol. The molecule has 0 saturated carbocycles. The van der Waals surface area contributed by atoms with Crippen LogP contribution < -0.4 is 14.9 Å². The summed E-state index contributed by atoms with van der Waals surface area (Å²) in [5, 5.41) is 2.92. The average molecular weight is 463 g/mol. The molecule has 2 aromatic rings. The summed E-state index contributed by atoms with van der Waals surface area (Å²) < 4.78 is 40.6. The number of sulfonamides is 1. The van der Waals surface area contributed by atoms with Crippen LogP contribution in [0.2, 0.25) is 0 Å². The summed E-state index contributed by atoms with van der Waals surface area (Å²) in [6.45, 7) is 7.09. The number of nitrogens with zero attached hydrogens (tertiary/aromatic N) is 2. The Balaban J connectivity index is 1.76. The van der Waals surface area contributed by atoms with Gasteiger partial charge in [-0.05, 0) is 56.8 Å². The molecule has 1 atom stereocenters. The van der Waals surface area contributed by atoms with Crippen LogP contribution in [0.15, 0.2) is 42.5 Å². The number of benzene rings is 2. The van der Waals surface area contributed by atoms with Crippen molar-refractivity contribution in [1.82, 2.24) is 10.2 Å². The number of nitrogens with one attached hydrogen (secondary N) is 2. The highest BCUT2D eigenvalue weighted by atomic mass is 32.2. The van der Waals surface area contributed by atoms with Crippen LogP contribution in [0.1, 0.15) is 42.2 Å². The van der Waals surface area contributed by atoms with Gasteiger partial charge in [-0.2, -0.15) is 0 Å². The number of amides is 1. The van der Waals surface area contributed by atoms with Gasteiger partial charge in [0.25, 0.3) is 5.91 Å². The van der Waals surface area contributed by atoms with Gasteiger partial charge in [-0.1, -0.05) is 13.0 Å². The summed E-state index contributed by atoms with van der Waals surface area (Å²) >= 11 is 0. The normalized spacial score (nSPS) is 15.9. The quantitative estimate of drug-likeness (QED) is 0.630. The highest BCUT2D eigenvalue weighted by molar-refractivity contribution is 7.92. The summed E-state index contributed by atoms with van der Waals surface area (Å²) in [6, 6.07) is 10.6. The highest BCUT2D eigenvalue weighted by Crippen LogP contribution is 2.28. The summed E-state index contributed by atoms with van der Waals surface area (Å²) in [7, 11) is -1.38. The molecule has 0 bridgehead atoms. The van der Waals surface area contributed by atoms with Crippen LogP contribution in [0.5, 0.6) is 0 Å². The third-order valence-electron chi connectivity index (χ3n) is 5.52. The molecule has 1 amide bonds. The van der Waals surface area contributed by atoms with Gasteiger partial charge >= 0.3 is 0 Å². The maximum Gasteiger partial charge on any atom is 0.251 e. The van der Waals surface area contributed by atoms with E-state index in [0.29, 0.717) is 23.2 Å². The van der Waals surface area contributed by atoms with Gasteiger partial charge in [0.2, 0.25) is 10.0 Å². The van der Waals surface area contributed by atoms with E-state index in [4.69, 9.17) is 0 Å². The molecule has 2 aromatic carbocycles. The second-order valence-electron chi connectivity index (χ2n) is 8.19. The van der Waals surface area contributed by atoms with Crippen molar-refractivity contribution < 1.29 is 17.6 Å². The van der Waals surface area contributed by atoms with E-state index in [0.717, 1.165) is 31.9 Å².